The second kappa shape index (κ2) is 4.52. The van der Waals surface area contributed by atoms with Gasteiger partial charge in [-0.3, -0.25) is 10.0 Å². The van der Waals surface area contributed by atoms with Crippen molar-refractivity contribution < 1.29 is 13.2 Å². The standard InChI is InChI=1S/C7H13F3N2S/c8-7(9,10)5-12-3-1-6(13-11)2-4-12/h6H,1-5,11H2. The Labute approximate surface area is 79.8 Å². The van der Waals surface area contributed by atoms with Gasteiger partial charge in [0.2, 0.25) is 0 Å². The van der Waals surface area contributed by atoms with Crippen LogP contribution in [-0.2, 0) is 0 Å². The second-order valence-corrected chi connectivity index (χ2v) is 4.17. The third kappa shape index (κ3) is 4.19. The van der Waals surface area contributed by atoms with E-state index in [1.165, 1.54) is 16.8 Å². The zero-order chi connectivity index (χ0) is 9.90. The van der Waals surface area contributed by atoms with Crippen LogP contribution in [0, 0.1) is 0 Å². The van der Waals surface area contributed by atoms with Gasteiger partial charge in [-0.15, -0.1) is 0 Å². The molecule has 78 valence electrons. The van der Waals surface area contributed by atoms with Gasteiger partial charge in [-0.05, 0) is 25.9 Å². The number of hydrogen-bond acceptors (Lipinski definition) is 3. The maximum absolute atomic E-state index is 11.9. The third-order valence-corrected chi connectivity index (χ3v) is 2.99. The lowest BCUT2D eigenvalue weighted by atomic mass is 10.1. The maximum Gasteiger partial charge on any atom is 0.401 e. The van der Waals surface area contributed by atoms with Crippen LogP contribution in [0.3, 0.4) is 0 Å². The molecule has 1 aliphatic heterocycles. The first-order valence-electron chi connectivity index (χ1n) is 4.16. The van der Waals surface area contributed by atoms with Crippen LogP contribution in [0.15, 0.2) is 0 Å². The highest BCUT2D eigenvalue weighted by molar-refractivity contribution is 7.97. The molecule has 0 radical (unpaired) electrons. The summed E-state index contributed by atoms with van der Waals surface area (Å²) >= 11 is 1.26. The van der Waals surface area contributed by atoms with Crippen molar-refractivity contribution >= 4 is 11.9 Å². The van der Waals surface area contributed by atoms with E-state index in [1.54, 1.807) is 0 Å². The fraction of sp³-hybridized carbons (Fsp3) is 1.00. The molecule has 1 rings (SSSR count). The molecule has 0 aromatic rings. The third-order valence-electron chi connectivity index (χ3n) is 2.13. The molecule has 6 heteroatoms. The maximum atomic E-state index is 11.9. The van der Waals surface area contributed by atoms with Gasteiger partial charge in [0.25, 0.3) is 0 Å². The Morgan fingerprint density at radius 1 is 1.31 bits per heavy atom. The van der Waals surface area contributed by atoms with E-state index in [1.807, 2.05) is 0 Å². The van der Waals surface area contributed by atoms with Crippen LogP contribution >= 0.6 is 11.9 Å². The van der Waals surface area contributed by atoms with Gasteiger partial charge in [-0.25, -0.2) is 0 Å². The average molecular weight is 214 g/mol. The summed E-state index contributed by atoms with van der Waals surface area (Å²) < 4.78 is 35.8. The molecule has 1 saturated heterocycles. The van der Waals surface area contributed by atoms with Crippen LogP contribution < -0.4 is 5.14 Å². The monoisotopic (exact) mass is 214 g/mol. The second-order valence-electron chi connectivity index (χ2n) is 3.23. The lowest BCUT2D eigenvalue weighted by Gasteiger charge is -2.31. The van der Waals surface area contributed by atoms with Crippen LogP contribution in [0.4, 0.5) is 13.2 Å². The average Bonchev–Trinajstić information content (AvgIpc) is 2.03. The van der Waals surface area contributed by atoms with E-state index in [0.29, 0.717) is 18.3 Å². The lowest BCUT2D eigenvalue weighted by molar-refractivity contribution is -0.147. The number of nitrogens with zero attached hydrogens (tertiary/aromatic N) is 1. The number of hydrogen-bond donors (Lipinski definition) is 1. The molecule has 13 heavy (non-hydrogen) atoms. The fourth-order valence-electron chi connectivity index (χ4n) is 1.46. The summed E-state index contributed by atoms with van der Waals surface area (Å²) in [6.07, 6.45) is -2.54. The Kier molecular flexibility index (Phi) is 3.87. The number of piperidine rings is 1. The van der Waals surface area contributed by atoms with Crippen molar-refractivity contribution in [2.75, 3.05) is 19.6 Å². The molecule has 0 atom stereocenters. The Hall–Kier alpha value is 0.0600. The smallest absolute Gasteiger partial charge is 0.295 e. The minimum Gasteiger partial charge on any atom is -0.295 e. The summed E-state index contributed by atoms with van der Waals surface area (Å²) in [5.74, 6) is 0. The van der Waals surface area contributed by atoms with Crippen molar-refractivity contribution in [3.63, 3.8) is 0 Å². The van der Waals surface area contributed by atoms with Crippen molar-refractivity contribution in [2.24, 2.45) is 5.14 Å². The first-order chi connectivity index (χ1) is 6.01. The van der Waals surface area contributed by atoms with Gasteiger partial charge in [0, 0.05) is 5.25 Å². The molecule has 0 bridgehead atoms. The molecule has 0 aromatic heterocycles. The molecule has 0 aliphatic carbocycles. The zero-order valence-corrected chi connectivity index (χ0v) is 8.00. The molecular formula is C7H13F3N2S. The van der Waals surface area contributed by atoms with Gasteiger partial charge >= 0.3 is 6.18 Å². The molecule has 1 heterocycles. The summed E-state index contributed by atoms with van der Waals surface area (Å²) in [6.45, 7) is 0.234. The Balaban J connectivity index is 2.25. The molecule has 1 aliphatic rings. The van der Waals surface area contributed by atoms with Crippen LogP contribution in [0.25, 0.3) is 0 Å². The molecule has 0 saturated carbocycles. The van der Waals surface area contributed by atoms with Gasteiger partial charge < -0.3 is 0 Å². The molecule has 0 unspecified atom stereocenters. The van der Waals surface area contributed by atoms with Crippen molar-refractivity contribution in [1.29, 1.82) is 0 Å². The Morgan fingerprint density at radius 2 is 1.85 bits per heavy atom. The SMILES string of the molecule is NSC1CCN(CC(F)(F)F)CC1. The largest absolute Gasteiger partial charge is 0.401 e. The summed E-state index contributed by atoms with van der Waals surface area (Å²) in [6, 6.07) is 0. The first-order valence-corrected chi connectivity index (χ1v) is 5.10. The van der Waals surface area contributed by atoms with Crippen molar-refractivity contribution in [3.8, 4) is 0 Å². The van der Waals surface area contributed by atoms with Crippen LogP contribution in [0.1, 0.15) is 12.8 Å². The van der Waals surface area contributed by atoms with Gasteiger partial charge in [-0.2, -0.15) is 13.2 Å². The van der Waals surface area contributed by atoms with Crippen LogP contribution in [0.2, 0.25) is 0 Å². The molecule has 1 fully saturated rings. The summed E-state index contributed by atoms with van der Waals surface area (Å²) in [5.41, 5.74) is 0. The van der Waals surface area contributed by atoms with E-state index in [4.69, 9.17) is 5.14 Å². The number of halogens is 3. The van der Waals surface area contributed by atoms with E-state index in [0.717, 1.165) is 12.8 Å². The van der Waals surface area contributed by atoms with Crippen molar-refractivity contribution in [1.82, 2.24) is 4.90 Å². The number of alkyl halides is 3. The quantitative estimate of drug-likeness (QED) is 0.708. The molecule has 0 spiro atoms. The Bertz CT molecular complexity index is 154. The van der Waals surface area contributed by atoms with Crippen molar-refractivity contribution in [2.45, 2.75) is 24.3 Å². The first kappa shape index (κ1) is 11.1. The highest BCUT2D eigenvalue weighted by Gasteiger charge is 2.32. The van der Waals surface area contributed by atoms with Gasteiger partial charge in [-0.1, -0.05) is 11.9 Å². The topological polar surface area (TPSA) is 29.3 Å². The van der Waals surface area contributed by atoms with E-state index >= 15 is 0 Å². The summed E-state index contributed by atoms with van der Waals surface area (Å²) in [7, 11) is 0. The normalized spacial score (nSPS) is 22.2. The van der Waals surface area contributed by atoms with Crippen molar-refractivity contribution in [3.05, 3.63) is 0 Å². The molecular weight excluding hydrogens is 201 g/mol. The summed E-state index contributed by atoms with van der Waals surface area (Å²) in [4.78, 5) is 1.44. The molecule has 0 aromatic carbocycles. The van der Waals surface area contributed by atoms with E-state index < -0.39 is 12.7 Å². The number of likely N-dealkylation sites (tertiary alicyclic amines) is 1. The van der Waals surface area contributed by atoms with E-state index in [2.05, 4.69) is 0 Å². The predicted molar refractivity (Wildman–Crippen MR) is 47.3 cm³/mol. The minimum atomic E-state index is -4.07. The fourth-order valence-corrected chi connectivity index (χ4v) is 1.94. The zero-order valence-electron chi connectivity index (χ0n) is 7.18. The predicted octanol–water partition coefficient (Wildman–Crippen LogP) is 1.62. The highest BCUT2D eigenvalue weighted by atomic mass is 32.2. The molecule has 0 amide bonds. The lowest BCUT2D eigenvalue weighted by Crippen LogP contribution is -2.41. The van der Waals surface area contributed by atoms with E-state index in [9.17, 15) is 13.2 Å². The minimum absolute atomic E-state index is 0.337. The van der Waals surface area contributed by atoms with E-state index in [-0.39, 0.29) is 0 Å². The number of nitrogens with two attached hydrogens (primary N) is 1. The number of rotatable bonds is 2. The van der Waals surface area contributed by atoms with Gasteiger partial charge in [0.1, 0.15) is 0 Å². The highest BCUT2D eigenvalue weighted by Crippen LogP contribution is 2.23. The summed E-state index contributed by atoms with van der Waals surface area (Å²) in [5, 5.41) is 5.69. The van der Waals surface area contributed by atoms with Crippen LogP contribution in [0.5, 0.6) is 0 Å². The molecule has 2 N–H and O–H groups in total. The van der Waals surface area contributed by atoms with Crippen LogP contribution in [-0.4, -0.2) is 36.0 Å². The van der Waals surface area contributed by atoms with Gasteiger partial charge in [0.15, 0.2) is 0 Å². The van der Waals surface area contributed by atoms with Gasteiger partial charge in [0.05, 0.1) is 6.54 Å². The Morgan fingerprint density at radius 3 is 2.23 bits per heavy atom. The molecule has 2 nitrogen and oxygen atoms in total.